The predicted octanol–water partition coefficient (Wildman–Crippen LogP) is 3.92. The maximum Gasteiger partial charge on any atom is 0.416 e. The van der Waals surface area contributed by atoms with Crippen molar-refractivity contribution >= 4 is 23.0 Å². The second-order valence-corrected chi connectivity index (χ2v) is 5.79. The van der Waals surface area contributed by atoms with Crippen LogP contribution in [0.4, 0.5) is 18.9 Å². The minimum absolute atomic E-state index is 0.380. The van der Waals surface area contributed by atoms with Gasteiger partial charge in [0.25, 0.3) is 0 Å². The maximum atomic E-state index is 12.5. The summed E-state index contributed by atoms with van der Waals surface area (Å²) in [5.41, 5.74) is 0.269. The van der Waals surface area contributed by atoms with Gasteiger partial charge in [0.2, 0.25) is 0 Å². The molecule has 1 aromatic heterocycles. The monoisotopic (exact) mass is 344 g/mol. The van der Waals surface area contributed by atoms with Crippen LogP contribution in [0.15, 0.2) is 34.6 Å². The second kappa shape index (κ2) is 6.57. The fraction of sp³-hybridized carbons (Fsp3) is 0.333. The molecule has 2 rings (SSSR count). The van der Waals surface area contributed by atoms with E-state index in [4.69, 9.17) is 0 Å². The number of benzene rings is 1. The third kappa shape index (κ3) is 3.82. The van der Waals surface area contributed by atoms with E-state index in [-0.39, 0.29) is 0 Å². The van der Waals surface area contributed by atoms with E-state index in [1.165, 1.54) is 23.5 Å². The molecule has 2 aromatic rings. The summed E-state index contributed by atoms with van der Waals surface area (Å²) in [4.78, 5) is 16.0. The molecule has 0 aliphatic carbocycles. The maximum absolute atomic E-state index is 12.5. The molecule has 1 N–H and O–H groups in total. The van der Waals surface area contributed by atoms with Gasteiger partial charge in [0, 0.05) is 18.1 Å². The Balaban J connectivity index is 2.38. The summed E-state index contributed by atoms with van der Waals surface area (Å²) in [6.07, 6.45) is -3.94. The van der Waals surface area contributed by atoms with E-state index in [9.17, 15) is 23.1 Å². The molecule has 4 nitrogen and oxygen atoms in total. The molecule has 0 bridgehead atoms. The largest absolute Gasteiger partial charge is 0.481 e. The standard InChI is InChI=1S/C15H15F3N2O2S/c1-3-11(13(21)22)12-8-23-14(20(12)2)19-10-6-4-9(5-7-10)15(16,17)18/h4-8,11H,3H2,1-2H3,(H,21,22)/b19-14+. The van der Waals surface area contributed by atoms with Gasteiger partial charge in [-0.2, -0.15) is 13.2 Å². The van der Waals surface area contributed by atoms with E-state index in [1.807, 2.05) is 0 Å². The Kier molecular flexibility index (Phi) is 4.93. The number of carboxylic acid groups (broad SMARTS) is 1. The summed E-state index contributed by atoms with van der Waals surface area (Å²) in [6, 6.07) is 4.52. The van der Waals surface area contributed by atoms with Crippen molar-refractivity contribution in [1.82, 2.24) is 4.57 Å². The highest BCUT2D eigenvalue weighted by molar-refractivity contribution is 7.07. The number of aromatic nitrogens is 1. The van der Waals surface area contributed by atoms with Crippen LogP contribution in [0, 0.1) is 0 Å². The number of aliphatic carboxylic acids is 1. The molecule has 1 atom stereocenters. The van der Waals surface area contributed by atoms with E-state index < -0.39 is 23.6 Å². The van der Waals surface area contributed by atoms with Gasteiger partial charge in [-0.25, -0.2) is 4.99 Å². The molecule has 1 heterocycles. The predicted molar refractivity (Wildman–Crippen MR) is 80.6 cm³/mol. The first-order valence-corrected chi connectivity index (χ1v) is 7.71. The van der Waals surface area contributed by atoms with E-state index in [1.54, 1.807) is 23.9 Å². The van der Waals surface area contributed by atoms with Crippen LogP contribution in [0.5, 0.6) is 0 Å². The van der Waals surface area contributed by atoms with Crippen LogP contribution < -0.4 is 4.80 Å². The van der Waals surface area contributed by atoms with Crippen molar-refractivity contribution in [1.29, 1.82) is 0 Å². The highest BCUT2D eigenvalue weighted by Crippen LogP contribution is 2.30. The molecular formula is C15H15F3N2O2S. The van der Waals surface area contributed by atoms with Gasteiger partial charge in [-0.3, -0.25) is 4.79 Å². The summed E-state index contributed by atoms with van der Waals surface area (Å²) >= 11 is 1.25. The Morgan fingerprint density at radius 2 is 1.96 bits per heavy atom. The first-order chi connectivity index (χ1) is 10.7. The number of carboxylic acids is 1. The van der Waals surface area contributed by atoms with Crippen LogP contribution in [0.25, 0.3) is 0 Å². The smallest absolute Gasteiger partial charge is 0.416 e. The Hall–Kier alpha value is -2.09. The lowest BCUT2D eigenvalue weighted by Gasteiger charge is -2.10. The number of rotatable bonds is 4. The number of alkyl halides is 3. The van der Waals surface area contributed by atoms with Crippen LogP contribution in [0.2, 0.25) is 0 Å². The molecule has 0 saturated heterocycles. The summed E-state index contributed by atoms with van der Waals surface area (Å²) in [5.74, 6) is -1.55. The van der Waals surface area contributed by atoms with Crippen LogP contribution in [0.3, 0.4) is 0 Å². The van der Waals surface area contributed by atoms with Gasteiger partial charge in [-0.15, -0.1) is 11.3 Å². The summed E-state index contributed by atoms with van der Waals surface area (Å²) in [7, 11) is 1.69. The van der Waals surface area contributed by atoms with Crippen molar-refractivity contribution in [3.63, 3.8) is 0 Å². The van der Waals surface area contributed by atoms with Crippen molar-refractivity contribution in [2.45, 2.75) is 25.4 Å². The SMILES string of the molecule is CCC(C(=O)O)c1cs/c(=N/c2ccc(C(F)(F)F)cc2)n1C. The third-order valence-electron chi connectivity index (χ3n) is 3.44. The minimum Gasteiger partial charge on any atom is -0.481 e. The Morgan fingerprint density at radius 3 is 2.43 bits per heavy atom. The van der Waals surface area contributed by atoms with Crippen LogP contribution in [-0.4, -0.2) is 15.6 Å². The third-order valence-corrected chi connectivity index (χ3v) is 4.38. The summed E-state index contributed by atoms with van der Waals surface area (Å²) in [5, 5.41) is 10.9. The topological polar surface area (TPSA) is 54.6 Å². The fourth-order valence-corrected chi connectivity index (χ4v) is 3.11. The molecule has 1 unspecified atom stereocenters. The van der Waals surface area contributed by atoms with Crippen LogP contribution in [0.1, 0.15) is 30.5 Å². The van der Waals surface area contributed by atoms with Crippen molar-refractivity contribution < 1.29 is 23.1 Å². The molecule has 0 saturated carbocycles. The lowest BCUT2D eigenvalue weighted by atomic mass is 10.0. The number of hydrogen-bond acceptors (Lipinski definition) is 3. The van der Waals surface area contributed by atoms with E-state index >= 15 is 0 Å². The normalized spacial score (nSPS) is 14.0. The van der Waals surface area contributed by atoms with Gasteiger partial charge >= 0.3 is 12.1 Å². The zero-order valence-electron chi connectivity index (χ0n) is 12.5. The number of nitrogens with zero attached hydrogens (tertiary/aromatic N) is 2. The van der Waals surface area contributed by atoms with Gasteiger partial charge in [0.05, 0.1) is 17.2 Å². The van der Waals surface area contributed by atoms with Crippen molar-refractivity contribution in [2.75, 3.05) is 0 Å². The Bertz CT molecular complexity index is 760. The van der Waals surface area contributed by atoms with Gasteiger partial charge in [0.15, 0.2) is 4.80 Å². The van der Waals surface area contributed by atoms with Gasteiger partial charge in [-0.1, -0.05) is 6.92 Å². The zero-order chi connectivity index (χ0) is 17.2. The quantitative estimate of drug-likeness (QED) is 0.914. The molecule has 0 amide bonds. The highest BCUT2D eigenvalue weighted by Gasteiger charge is 2.29. The fourth-order valence-electron chi connectivity index (χ4n) is 2.14. The molecule has 0 aliphatic heterocycles. The lowest BCUT2D eigenvalue weighted by molar-refractivity contribution is -0.139. The molecule has 0 spiro atoms. The van der Waals surface area contributed by atoms with Crippen molar-refractivity contribution in [2.24, 2.45) is 12.0 Å². The number of carbonyl (C=O) groups is 1. The van der Waals surface area contributed by atoms with E-state index in [0.29, 0.717) is 22.6 Å². The molecule has 8 heteroatoms. The van der Waals surface area contributed by atoms with Gasteiger partial charge in [0.1, 0.15) is 0 Å². The summed E-state index contributed by atoms with van der Waals surface area (Å²) in [6.45, 7) is 1.78. The zero-order valence-corrected chi connectivity index (χ0v) is 13.3. The Labute approximate surface area is 134 Å². The molecule has 124 valence electrons. The first kappa shape index (κ1) is 17.3. The average Bonchev–Trinajstić information content (AvgIpc) is 2.81. The number of thiazole rings is 1. The lowest BCUT2D eigenvalue weighted by Crippen LogP contribution is -2.19. The first-order valence-electron chi connectivity index (χ1n) is 6.83. The van der Waals surface area contributed by atoms with Crippen LogP contribution >= 0.6 is 11.3 Å². The van der Waals surface area contributed by atoms with Crippen molar-refractivity contribution in [3.05, 3.63) is 45.7 Å². The molecular weight excluding hydrogens is 329 g/mol. The van der Waals surface area contributed by atoms with Gasteiger partial charge < -0.3 is 9.67 Å². The highest BCUT2D eigenvalue weighted by atomic mass is 32.1. The van der Waals surface area contributed by atoms with E-state index in [0.717, 1.165) is 12.1 Å². The molecule has 0 radical (unpaired) electrons. The molecule has 0 fully saturated rings. The van der Waals surface area contributed by atoms with Crippen molar-refractivity contribution in [3.8, 4) is 0 Å². The number of halogens is 3. The molecule has 23 heavy (non-hydrogen) atoms. The van der Waals surface area contributed by atoms with Gasteiger partial charge in [-0.05, 0) is 30.7 Å². The number of hydrogen-bond donors (Lipinski definition) is 1. The van der Waals surface area contributed by atoms with E-state index in [2.05, 4.69) is 4.99 Å². The summed E-state index contributed by atoms with van der Waals surface area (Å²) < 4.78 is 39.2. The molecule has 0 aliphatic rings. The minimum atomic E-state index is -4.38. The van der Waals surface area contributed by atoms with Crippen LogP contribution in [-0.2, 0) is 18.0 Å². The second-order valence-electron chi connectivity index (χ2n) is 4.96. The average molecular weight is 344 g/mol. The molecule has 1 aromatic carbocycles. The Morgan fingerprint density at radius 1 is 1.35 bits per heavy atom.